The maximum atomic E-state index is 4.62. The number of fused-ring (bicyclic) bond motifs is 1. The highest BCUT2D eigenvalue weighted by molar-refractivity contribution is 7.17. The third-order valence-corrected chi connectivity index (χ3v) is 6.10. The van der Waals surface area contributed by atoms with E-state index in [1.54, 1.807) is 11.3 Å². The molecule has 2 aromatic heterocycles. The second kappa shape index (κ2) is 4.88. The van der Waals surface area contributed by atoms with Crippen molar-refractivity contribution in [2.45, 2.75) is 45.1 Å². The van der Waals surface area contributed by atoms with Gasteiger partial charge in [0.15, 0.2) is 0 Å². The van der Waals surface area contributed by atoms with Crippen LogP contribution in [-0.2, 0) is 0 Å². The number of rotatable bonds is 4. The third kappa shape index (κ3) is 1.83. The van der Waals surface area contributed by atoms with Crippen LogP contribution in [0.15, 0.2) is 23.7 Å². The number of aromatic nitrogens is 1. The molecule has 1 fully saturated rings. The predicted molar refractivity (Wildman–Crippen MR) is 82.8 cm³/mol. The molecule has 0 amide bonds. The van der Waals surface area contributed by atoms with Gasteiger partial charge in [0, 0.05) is 12.2 Å². The van der Waals surface area contributed by atoms with E-state index >= 15 is 0 Å². The molecule has 3 heteroatoms. The van der Waals surface area contributed by atoms with E-state index in [1.165, 1.54) is 29.5 Å². The minimum Gasteiger partial charge on any atom is -0.316 e. The lowest BCUT2D eigenvalue weighted by Gasteiger charge is -2.56. The highest BCUT2D eigenvalue weighted by Crippen LogP contribution is 2.57. The molecule has 0 aliphatic heterocycles. The minimum atomic E-state index is 0.418. The molecule has 1 saturated carbocycles. The van der Waals surface area contributed by atoms with Crippen LogP contribution in [0.25, 0.3) is 10.2 Å². The lowest BCUT2D eigenvalue weighted by Crippen LogP contribution is -2.57. The zero-order valence-corrected chi connectivity index (χ0v) is 12.8. The van der Waals surface area contributed by atoms with Gasteiger partial charge in [-0.3, -0.25) is 4.98 Å². The average molecular weight is 274 g/mol. The highest BCUT2D eigenvalue weighted by Gasteiger charge is 2.52. The molecule has 0 saturated heterocycles. The molecule has 102 valence electrons. The summed E-state index contributed by atoms with van der Waals surface area (Å²) in [5.41, 5.74) is 2.99. The molecule has 1 aliphatic carbocycles. The summed E-state index contributed by atoms with van der Waals surface area (Å²) in [6.07, 6.45) is 5.83. The first-order valence-corrected chi connectivity index (χ1v) is 8.13. The summed E-state index contributed by atoms with van der Waals surface area (Å²) >= 11 is 1.80. The summed E-state index contributed by atoms with van der Waals surface area (Å²) < 4.78 is 1.33. The molecule has 1 aliphatic rings. The molecule has 2 unspecified atom stereocenters. The van der Waals surface area contributed by atoms with E-state index in [1.807, 2.05) is 0 Å². The zero-order valence-electron chi connectivity index (χ0n) is 11.9. The van der Waals surface area contributed by atoms with Crippen LogP contribution < -0.4 is 5.32 Å². The van der Waals surface area contributed by atoms with Gasteiger partial charge in [-0.15, -0.1) is 11.3 Å². The average Bonchev–Trinajstić information content (AvgIpc) is 2.87. The van der Waals surface area contributed by atoms with Gasteiger partial charge in [-0.2, -0.15) is 0 Å². The van der Waals surface area contributed by atoms with Gasteiger partial charge < -0.3 is 5.32 Å². The Labute approximate surface area is 119 Å². The van der Waals surface area contributed by atoms with E-state index in [0.29, 0.717) is 17.4 Å². The summed E-state index contributed by atoms with van der Waals surface area (Å²) in [4.78, 5) is 4.62. The quantitative estimate of drug-likeness (QED) is 0.904. The van der Waals surface area contributed by atoms with E-state index in [0.717, 1.165) is 5.52 Å². The molecule has 0 bridgehead atoms. The van der Waals surface area contributed by atoms with Crippen LogP contribution in [0, 0.1) is 5.41 Å². The van der Waals surface area contributed by atoms with E-state index in [2.05, 4.69) is 54.9 Å². The molecule has 0 radical (unpaired) electrons. The van der Waals surface area contributed by atoms with Crippen molar-refractivity contribution in [3.05, 3.63) is 29.3 Å². The lowest BCUT2D eigenvalue weighted by atomic mass is 9.52. The molecule has 19 heavy (non-hydrogen) atoms. The van der Waals surface area contributed by atoms with Crippen molar-refractivity contribution >= 4 is 21.6 Å². The van der Waals surface area contributed by atoms with Crippen LogP contribution in [0.5, 0.6) is 0 Å². The van der Waals surface area contributed by atoms with Crippen molar-refractivity contribution in [1.29, 1.82) is 0 Å². The molecule has 2 atom stereocenters. The number of hydrogen-bond acceptors (Lipinski definition) is 3. The topological polar surface area (TPSA) is 24.9 Å². The van der Waals surface area contributed by atoms with Crippen molar-refractivity contribution in [2.75, 3.05) is 7.05 Å². The van der Waals surface area contributed by atoms with Crippen molar-refractivity contribution in [3.63, 3.8) is 0 Å². The SMILES string of the molecule is CCC1(CC)C(NC)CC1c1cnc2ccsc2c1. The number of thiophene rings is 1. The van der Waals surface area contributed by atoms with Gasteiger partial charge >= 0.3 is 0 Å². The number of nitrogens with zero attached hydrogens (tertiary/aromatic N) is 1. The number of hydrogen-bond donors (Lipinski definition) is 1. The van der Waals surface area contributed by atoms with Gasteiger partial charge in [-0.25, -0.2) is 0 Å². The second-order valence-electron chi connectivity index (χ2n) is 5.64. The maximum Gasteiger partial charge on any atom is 0.0809 e. The van der Waals surface area contributed by atoms with Crippen molar-refractivity contribution < 1.29 is 0 Å². The van der Waals surface area contributed by atoms with Crippen LogP contribution in [0.1, 0.15) is 44.6 Å². The molecule has 1 N–H and O–H groups in total. The van der Waals surface area contributed by atoms with E-state index < -0.39 is 0 Å². The molecule has 0 spiro atoms. The Hall–Kier alpha value is -0.930. The van der Waals surface area contributed by atoms with Crippen molar-refractivity contribution in [3.8, 4) is 0 Å². The summed E-state index contributed by atoms with van der Waals surface area (Å²) in [5.74, 6) is 0.666. The molecule has 2 nitrogen and oxygen atoms in total. The fourth-order valence-corrected chi connectivity index (χ4v) is 4.74. The Morgan fingerprint density at radius 3 is 2.89 bits per heavy atom. The summed E-state index contributed by atoms with van der Waals surface area (Å²) in [5, 5.41) is 5.64. The van der Waals surface area contributed by atoms with Gasteiger partial charge in [0.05, 0.1) is 10.2 Å². The van der Waals surface area contributed by atoms with Gasteiger partial charge in [0.2, 0.25) is 0 Å². The fraction of sp³-hybridized carbons (Fsp3) is 0.562. The molecular formula is C16H22N2S. The predicted octanol–water partition coefficient (Wildman–Crippen LogP) is 4.18. The maximum absolute atomic E-state index is 4.62. The van der Waals surface area contributed by atoms with Crippen molar-refractivity contribution in [2.24, 2.45) is 5.41 Å². The zero-order chi connectivity index (χ0) is 13.5. The minimum absolute atomic E-state index is 0.418. The van der Waals surface area contributed by atoms with Gasteiger partial charge in [0.25, 0.3) is 0 Å². The summed E-state index contributed by atoms with van der Waals surface area (Å²) in [6.45, 7) is 4.66. The van der Waals surface area contributed by atoms with Gasteiger partial charge in [-0.05, 0) is 60.7 Å². The standard InChI is InChI=1S/C16H22N2S/c1-4-16(5-2)12(9-15(16)17-3)11-8-14-13(18-10-11)6-7-19-14/h6-8,10,12,15,17H,4-5,9H2,1-3H3. The van der Waals surface area contributed by atoms with Crippen LogP contribution >= 0.6 is 11.3 Å². The van der Waals surface area contributed by atoms with E-state index in [-0.39, 0.29) is 0 Å². The molecule has 3 rings (SSSR count). The lowest BCUT2D eigenvalue weighted by molar-refractivity contribution is 0.0245. The van der Waals surface area contributed by atoms with Gasteiger partial charge in [0.1, 0.15) is 0 Å². The Morgan fingerprint density at radius 2 is 2.21 bits per heavy atom. The van der Waals surface area contributed by atoms with Crippen LogP contribution in [0.3, 0.4) is 0 Å². The Morgan fingerprint density at radius 1 is 1.42 bits per heavy atom. The smallest absolute Gasteiger partial charge is 0.0809 e. The van der Waals surface area contributed by atoms with E-state index in [9.17, 15) is 0 Å². The summed E-state index contributed by atoms with van der Waals surface area (Å²) in [7, 11) is 2.10. The number of pyridine rings is 1. The molecular weight excluding hydrogens is 252 g/mol. The first kappa shape index (κ1) is 13.1. The van der Waals surface area contributed by atoms with Crippen LogP contribution in [-0.4, -0.2) is 18.1 Å². The first-order valence-electron chi connectivity index (χ1n) is 7.25. The Balaban J connectivity index is 1.97. The fourth-order valence-electron chi connectivity index (χ4n) is 3.95. The Kier molecular flexibility index (Phi) is 3.35. The molecule has 0 aromatic carbocycles. The Bertz CT molecular complexity index is 571. The molecule has 2 aromatic rings. The first-order chi connectivity index (χ1) is 9.25. The summed E-state index contributed by atoms with van der Waals surface area (Å²) in [6, 6.07) is 5.13. The van der Waals surface area contributed by atoms with Gasteiger partial charge in [-0.1, -0.05) is 13.8 Å². The largest absolute Gasteiger partial charge is 0.316 e. The highest BCUT2D eigenvalue weighted by atomic mass is 32.1. The van der Waals surface area contributed by atoms with Crippen LogP contribution in [0.2, 0.25) is 0 Å². The third-order valence-electron chi connectivity index (χ3n) is 5.25. The van der Waals surface area contributed by atoms with Crippen molar-refractivity contribution in [1.82, 2.24) is 10.3 Å². The molecule has 2 heterocycles. The number of nitrogens with one attached hydrogen (secondary N) is 1. The van der Waals surface area contributed by atoms with E-state index in [4.69, 9.17) is 0 Å². The second-order valence-corrected chi connectivity index (χ2v) is 6.59. The van der Waals surface area contributed by atoms with Crippen LogP contribution in [0.4, 0.5) is 0 Å². The normalized spacial score (nSPS) is 25.4. The monoisotopic (exact) mass is 274 g/mol.